The van der Waals surface area contributed by atoms with Gasteiger partial charge in [-0.15, -0.1) is 0 Å². The van der Waals surface area contributed by atoms with Crippen molar-refractivity contribution in [3.05, 3.63) is 29.3 Å². The molecule has 146 valence electrons. The van der Waals surface area contributed by atoms with Crippen molar-refractivity contribution in [2.45, 2.75) is 44.2 Å². The molecule has 1 aromatic carbocycles. The molecule has 2 unspecified atom stereocenters. The summed E-state index contributed by atoms with van der Waals surface area (Å²) in [6.45, 7) is 2.08. The van der Waals surface area contributed by atoms with Gasteiger partial charge in [-0.1, -0.05) is 0 Å². The number of piperidine rings is 2. The minimum Gasteiger partial charge on any atom is -0.382 e. The van der Waals surface area contributed by atoms with Crippen LogP contribution in [0.2, 0.25) is 0 Å². The minimum absolute atomic E-state index is 0.120. The molecule has 1 spiro atoms. The van der Waals surface area contributed by atoms with Crippen LogP contribution in [-0.2, 0) is 9.59 Å². The fourth-order valence-corrected chi connectivity index (χ4v) is 4.79. The molecule has 1 aromatic rings. The molecule has 0 bridgehead atoms. The molecule has 1 saturated carbocycles. The molecular formula is C20H22N4O4. The molecule has 3 N–H and O–H groups in total. The number of nitrogens with zero attached hydrogens (tertiary/aromatic N) is 1. The van der Waals surface area contributed by atoms with Crippen LogP contribution in [0, 0.1) is 5.41 Å². The summed E-state index contributed by atoms with van der Waals surface area (Å²) in [6, 6.07) is 4.66. The Morgan fingerprint density at radius 2 is 1.79 bits per heavy atom. The molecule has 3 heterocycles. The van der Waals surface area contributed by atoms with Crippen LogP contribution in [0.4, 0.5) is 5.69 Å². The van der Waals surface area contributed by atoms with Crippen LogP contribution in [0.25, 0.3) is 0 Å². The van der Waals surface area contributed by atoms with Crippen molar-refractivity contribution in [1.29, 1.82) is 0 Å². The van der Waals surface area contributed by atoms with E-state index in [0.29, 0.717) is 22.6 Å². The van der Waals surface area contributed by atoms with Crippen LogP contribution in [0.3, 0.4) is 0 Å². The van der Waals surface area contributed by atoms with Gasteiger partial charge in [0.1, 0.15) is 6.04 Å². The second-order valence-corrected chi connectivity index (χ2v) is 8.22. The highest BCUT2D eigenvalue weighted by Crippen LogP contribution is 2.54. The Bertz CT molecular complexity index is 905. The topological polar surface area (TPSA) is 108 Å². The molecule has 0 aromatic heterocycles. The molecule has 5 rings (SSSR count). The van der Waals surface area contributed by atoms with E-state index >= 15 is 0 Å². The van der Waals surface area contributed by atoms with Gasteiger partial charge in [-0.05, 0) is 62.4 Å². The molecule has 3 fully saturated rings. The van der Waals surface area contributed by atoms with Crippen molar-refractivity contribution < 1.29 is 19.2 Å². The Morgan fingerprint density at radius 3 is 2.54 bits per heavy atom. The molecule has 8 nitrogen and oxygen atoms in total. The summed E-state index contributed by atoms with van der Waals surface area (Å²) in [4.78, 5) is 50.1. The quantitative estimate of drug-likeness (QED) is 0.663. The van der Waals surface area contributed by atoms with E-state index in [1.165, 1.54) is 0 Å². The van der Waals surface area contributed by atoms with E-state index in [1.807, 2.05) is 6.07 Å². The smallest absolute Gasteiger partial charge is 0.262 e. The Morgan fingerprint density at radius 1 is 1.04 bits per heavy atom. The number of carbonyl (C=O) groups is 4. The Hall–Kier alpha value is -2.74. The van der Waals surface area contributed by atoms with Gasteiger partial charge >= 0.3 is 0 Å². The molecular weight excluding hydrogens is 360 g/mol. The number of amides is 4. The van der Waals surface area contributed by atoms with Gasteiger partial charge in [0.05, 0.1) is 11.1 Å². The van der Waals surface area contributed by atoms with Gasteiger partial charge in [0.15, 0.2) is 0 Å². The maximum Gasteiger partial charge on any atom is 0.262 e. The number of imide groups is 2. The number of hydrogen-bond donors (Lipinski definition) is 3. The number of hydrogen-bond acceptors (Lipinski definition) is 6. The average molecular weight is 382 g/mol. The summed E-state index contributed by atoms with van der Waals surface area (Å²) in [5, 5.41) is 9.11. The summed E-state index contributed by atoms with van der Waals surface area (Å²) in [5.74, 6) is -1.90. The van der Waals surface area contributed by atoms with Crippen molar-refractivity contribution in [3.8, 4) is 0 Å². The van der Waals surface area contributed by atoms with E-state index in [9.17, 15) is 19.2 Å². The molecule has 4 aliphatic rings. The van der Waals surface area contributed by atoms with E-state index in [4.69, 9.17) is 0 Å². The predicted molar refractivity (Wildman–Crippen MR) is 99.7 cm³/mol. The van der Waals surface area contributed by atoms with Crippen molar-refractivity contribution in [2.75, 3.05) is 18.4 Å². The number of anilines is 1. The molecule has 2 atom stereocenters. The summed E-state index contributed by atoms with van der Waals surface area (Å²) < 4.78 is 0. The number of nitrogens with one attached hydrogen (secondary N) is 3. The zero-order chi connectivity index (χ0) is 19.5. The standard InChI is InChI=1S/C20H22N4O4/c25-16-4-3-14(17(26)23-16)24-18(27)12-2-1-11(9-13(12)19(24)28)22-15-10-20(15)5-7-21-8-6-20/h1-2,9,14-15,21-22H,3-8,10H2,(H,23,25,26). The lowest BCUT2D eigenvalue weighted by Gasteiger charge is -2.27. The van der Waals surface area contributed by atoms with E-state index in [1.54, 1.807) is 12.1 Å². The largest absolute Gasteiger partial charge is 0.382 e. The van der Waals surface area contributed by atoms with Crippen LogP contribution in [0.5, 0.6) is 0 Å². The van der Waals surface area contributed by atoms with Crippen molar-refractivity contribution >= 4 is 29.3 Å². The predicted octanol–water partition coefficient (Wildman–Crippen LogP) is 0.642. The van der Waals surface area contributed by atoms with Gasteiger partial charge in [0.25, 0.3) is 11.8 Å². The third-order valence-corrected chi connectivity index (χ3v) is 6.57. The highest BCUT2D eigenvalue weighted by Gasteiger charge is 2.54. The zero-order valence-corrected chi connectivity index (χ0v) is 15.4. The van der Waals surface area contributed by atoms with E-state index in [0.717, 1.165) is 42.9 Å². The molecule has 0 radical (unpaired) electrons. The maximum absolute atomic E-state index is 12.9. The van der Waals surface area contributed by atoms with Crippen molar-refractivity contribution in [2.24, 2.45) is 5.41 Å². The lowest BCUT2D eigenvalue weighted by atomic mass is 9.94. The summed E-state index contributed by atoms with van der Waals surface area (Å²) >= 11 is 0. The van der Waals surface area contributed by atoms with Crippen LogP contribution in [0.15, 0.2) is 18.2 Å². The Kier molecular flexibility index (Phi) is 3.80. The normalized spacial score (nSPS) is 28.4. The highest BCUT2D eigenvalue weighted by molar-refractivity contribution is 6.23. The van der Waals surface area contributed by atoms with Gasteiger partial charge in [0, 0.05) is 18.2 Å². The summed E-state index contributed by atoms with van der Waals surface area (Å²) in [7, 11) is 0. The third kappa shape index (κ3) is 2.63. The third-order valence-electron chi connectivity index (χ3n) is 6.57. The lowest BCUT2D eigenvalue weighted by molar-refractivity contribution is -0.136. The first-order chi connectivity index (χ1) is 13.5. The molecule has 3 aliphatic heterocycles. The fourth-order valence-electron chi connectivity index (χ4n) is 4.79. The summed E-state index contributed by atoms with van der Waals surface area (Å²) in [6.07, 6.45) is 3.71. The van der Waals surface area contributed by atoms with Gasteiger partial charge < -0.3 is 10.6 Å². The molecule has 1 aliphatic carbocycles. The Labute approximate surface area is 162 Å². The minimum atomic E-state index is -0.928. The number of carbonyl (C=O) groups excluding carboxylic acids is 4. The molecule has 2 saturated heterocycles. The first kappa shape index (κ1) is 17.4. The van der Waals surface area contributed by atoms with E-state index in [-0.39, 0.29) is 18.7 Å². The monoisotopic (exact) mass is 382 g/mol. The maximum atomic E-state index is 12.9. The first-order valence-electron chi connectivity index (χ1n) is 9.81. The molecule has 8 heteroatoms. The SMILES string of the molecule is O=C1CCC(N2C(=O)c3ccc(NC4CC45CCNCC5)cc3C2=O)C(=O)N1. The van der Waals surface area contributed by atoms with Gasteiger partial charge in [-0.3, -0.25) is 29.4 Å². The first-order valence-corrected chi connectivity index (χ1v) is 9.81. The zero-order valence-electron chi connectivity index (χ0n) is 15.4. The average Bonchev–Trinajstić information content (AvgIpc) is 3.26. The highest BCUT2D eigenvalue weighted by atomic mass is 16.2. The van der Waals surface area contributed by atoms with E-state index < -0.39 is 23.8 Å². The van der Waals surface area contributed by atoms with Gasteiger partial charge in [-0.2, -0.15) is 0 Å². The second kappa shape index (κ2) is 6.13. The van der Waals surface area contributed by atoms with Crippen molar-refractivity contribution in [1.82, 2.24) is 15.5 Å². The summed E-state index contributed by atoms with van der Waals surface area (Å²) in [5.41, 5.74) is 1.81. The van der Waals surface area contributed by atoms with Crippen LogP contribution in [0.1, 0.15) is 52.8 Å². The fraction of sp³-hybridized carbons (Fsp3) is 0.500. The van der Waals surface area contributed by atoms with Gasteiger partial charge in [0.2, 0.25) is 11.8 Å². The van der Waals surface area contributed by atoms with E-state index in [2.05, 4.69) is 16.0 Å². The number of benzene rings is 1. The second-order valence-electron chi connectivity index (χ2n) is 8.22. The van der Waals surface area contributed by atoms with Crippen LogP contribution < -0.4 is 16.0 Å². The van der Waals surface area contributed by atoms with Crippen LogP contribution in [-0.4, -0.2) is 53.7 Å². The number of fused-ring (bicyclic) bond motifs is 1. The number of rotatable bonds is 3. The van der Waals surface area contributed by atoms with Crippen molar-refractivity contribution in [3.63, 3.8) is 0 Å². The lowest BCUT2D eigenvalue weighted by Crippen LogP contribution is -2.54. The Balaban J connectivity index is 1.35. The molecule has 28 heavy (non-hydrogen) atoms. The van der Waals surface area contributed by atoms with Gasteiger partial charge in [-0.25, -0.2) is 0 Å². The molecule has 4 amide bonds. The van der Waals surface area contributed by atoms with Crippen LogP contribution >= 0.6 is 0 Å².